The van der Waals surface area contributed by atoms with Crippen LogP contribution < -0.4 is 0 Å². The molecular weight excluding hydrogens is 1190 g/mol. The van der Waals surface area contributed by atoms with Crippen molar-refractivity contribution < 1.29 is 4.42 Å². The third kappa shape index (κ3) is 8.54. The monoisotopic (exact) mass is 1250 g/mol. The summed E-state index contributed by atoms with van der Waals surface area (Å²) in [6, 6.07) is 132. The lowest BCUT2D eigenvalue weighted by Gasteiger charge is -2.21. The molecule has 1 heteroatoms. The Balaban J connectivity index is 0.798. The summed E-state index contributed by atoms with van der Waals surface area (Å²) < 4.78 is 6.45. The summed E-state index contributed by atoms with van der Waals surface area (Å²) in [7, 11) is 0. The first kappa shape index (κ1) is 55.4. The first-order valence-electron chi connectivity index (χ1n) is 34.4. The molecule has 0 atom stereocenters. The lowest BCUT2D eigenvalue weighted by molar-refractivity contribution is 0.669. The fourth-order valence-electron chi connectivity index (χ4n) is 17.1. The van der Waals surface area contributed by atoms with E-state index < -0.39 is 0 Å². The van der Waals surface area contributed by atoms with Crippen molar-refractivity contribution in [3.8, 4) is 77.9 Å². The quantitative estimate of drug-likeness (QED) is 0.114. The van der Waals surface area contributed by atoms with Crippen LogP contribution in [0.2, 0.25) is 0 Å². The van der Waals surface area contributed by atoms with E-state index in [2.05, 4.69) is 352 Å². The zero-order valence-electron chi connectivity index (χ0n) is 53.9. The number of benzene rings is 20. The Morgan fingerprint density at radius 3 is 0.970 bits per heavy atom. The number of hydrogen-bond donors (Lipinski definition) is 0. The third-order valence-corrected chi connectivity index (χ3v) is 21.6. The maximum Gasteiger partial charge on any atom is 0.135 e. The fraction of sp³-hybridized carbons (Fsp3) is 0. The van der Waals surface area contributed by atoms with E-state index in [1.807, 2.05) is 0 Å². The van der Waals surface area contributed by atoms with Gasteiger partial charge in [-0.1, -0.05) is 303 Å². The summed E-state index contributed by atoms with van der Waals surface area (Å²) >= 11 is 0. The summed E-state index contributed by atoms with van der Waals surface area (Å²) in [5.41, 5.74) is 18.6. The van der Waals surface area contributed by atoms with Crippen LogP contribution in [-0.2, 0) is 0 Å². The molecule has 0 aliphatic carbocycles. The molecule has 1 nitrogen and oxygen atoms in total. The topological polar surface area (TPSA) is 13.1 Å². The average Bonchev–Trinajstić information content (AvgIpc) is 0.778. The smallest absolute Gasteiger partial charge is 0.135 e. The summed E-state index contributed by atoms with van der Waals surface area (Å²) in [6.45, 7) is 0. The molecule has 0 N–H and O–H groups in total. The Morgan fingerprint density at radius 2 is 0.424 bits per heavy atom. The van der Waals surface area contributed by atoms with Gasteiger partial charge in [0, 0.05) is 10.8 Å². The van der Waals surface area contributed by atoms with Gasteiger partial charge in [0.15, 0.2) is 0 Å². The Kier molecular flexibility index (Phi) is 12.2. The van der Waals surface area contributed by atoms with Crippen molar-refractivity contribution in [1.82, 2.24) is 0 Å². The van der Waals surface area contributed by atoms with Crippen molar-refractivity contribution in [3.63, 3.8) is 0 Å². The minimum absolute atomic E-state index is 0.888. The van der Waals surface area contributed by atoms with Crippen molar-refractivity contribution in [1.29, 1.82) is 0 Å². The second-order valence-electron chi connectivity index (χ2n) is 26.8. The van der Waals surface area contributed by atoms with Crippen LogP contribution in [0, 0.1) is 0 Å². The number of rotatable bonds is 7. The van der Waals surface area contributed by atoms with Gasteiger partial charge in [-0.15, -0.1) is 0 Å². The first-order chi connectivity index (χ1) is 49.1. The van der Waals surface area contributed by atoms with E-state index in [1.54, 1.807) is 0 Å². The molecule has 456 valence electrons. The summed E-state index contributed by atoms with van der Waals surface area (Å²) in [5.74, 6) is 0. The molecule has 0 radical (unpaired) electrons. The molecule has 1 aromatic heterocycles. The SMILES string of the molecule is c1ccc2c(-c3ccc4c(-c5cccc6ccccc56)c5ccc(-c6ccc7c(-c8ccc9c(-c%10cccc%11ccccc%10%11)c%10ccccc%10c(-c%10ccc%11oc%12ccccc%12c%11c%10)c9c8)cccc7c6)cc5c(-c5ccc6c7ccccc7c7ccccc7c6c5)c4c3)cccc2c1. The number of fused-ring (bicyclic) bond motifs is 17. The summed E-state index contributed by atoms with van der Waals surface area (Å²) in [5, 5.41) is 29.3. The van der Waals surface area contributed by atoms with Crippen LogP contribution in [0.5, 0.6) is 0 Å². The van der Waals surface area contributed by atoms with E-state index in [9.17, 15) is 0 Å². The minimum Gasteiger partial charge on any atom is -0.456 e. The highest BCUT2D eigenvalue weighted by atomic mass is 16.3. The molecule has 21 aromatic rings. The first-order valence-corrected chi connectivity index (χ1v) is 34.4. The van der Waals surface area contributed by atoms with E-state index >= 15 is 0 Å². The number of hydrogen-bond acceptors (Lipinski definition) is 1. The molecule has 0 bridgehead atoms. The van der Waals surface area contributed by atoms with Crippen molar-refractivity contribution in [3.05, 3.63) is 352 Å². The Labute approximate surface area is 570 Å². The molecule has 0 amide bonds. The van der Waals surface area contributed by atoms with E-state index in [0.29, 0.717) is 0 Å². The maximum absolute atomic E-state index is 6.45. The predicted molar refractivity (Wildman–Crippen MR) is 424 cm³/mol. The average molecular weight is 1250 g/mol. The minimum atomic E-state index is 0.888. The molecule has 0 saturated heterocycles. The van der Waals surface area contributed by atoms with Gasteiger partial charge < -0.3 is 4.42 Å². The number of furan rings is 1. The highest BCUT2D eigenvalue weighted by Crippen LogP contribution is 2.52. The molecule has 20 aromatic carbocycles. The Hall–Kier alpha value is -12.9. The number of para-hydroxylation sites is 1. The third-order valence-electron chi connectivity index (χ3n) is 21.6. The second kappa shape index (κ2) is 21.8. The standard InChI is InChI=1S/C98H58O/c1-4-26-69-59(19-1)22-15-36-72(69)65-43-51-87-92(56-65)96(67-45-48-79-77-31-8-7-29-75(77)76-30-9-10-32-78(76)88(79)57-67)90-54-63(42-49-85(90)98(87)82-39-17-24-61-21-3-6-28-71(61)82)62-41-47-74-64(53-62)25-18-37-73(74)66-44-50-86-91(55-66)95(68-46-52-94-89(58-68)80-33-13-14-40-93(80)99-94)83-34-11-12-35-84(83)97(86)81-38-16-23-60-20-2-5-27-70(60)81/h1-58H. The van der Waals surface area contributed by atoms with Crippen LogP contribution in [0.25, 0.3) is 218 Å². The van der Waals surface area contributed by atoms with Gasteiger partial charge in [0.1, 0.15) is 11.2 Å². The molecule has 0 saturated carbocycles. The highest BCUT2D eigenvalue weighted by molar-refractivity contribution is 6.30. The van der Waals surface area contributed by atoms with Gasteiger partial charge in [-0.25, -0.2) is 0 Å². The van der Waals surface area contributed by atoms with Crippen LogP contribution in [-0.4, -0.2) is 0 Å². The lowest BCUT2D eigenvalue weighted by Crippen LogP contribution is -1.94. The van der Waals surface area contributed by atoms with Gasteiger partial charge in [0.25, 0.3) is 0 Å². The molecule has 21 rings (SSSR count). The lowest BCUT2D eigenvalue weighted by atomic mass is 9.82. The molecule has 0 unspecified atom stereocenters. The largest absolute Gasteiger partial charge is 0.456 e. The fourth-order valence-corrected chi connectivity index (χ4v) is 17.1. The van der Waals surface area contributed by atoms with Crippen LogP contribution in [0.1, 0.15) is 0 Å². The Morgan fingerprint density at radius 1 is 0.131 bits per heavy atom. The molecule has 0 fully saturated rings. The van der Waals surface area contributed by atoms with Gasteiger partial charge in [-0.2, -0.15) is 0 Å². The summed E-state index contributed by atoms with van der Waals surface area (Å²) in [4.78, 5) is 0. The molecular formula is C98H58O. The van der Waals surface area contributed by atoms with Gasteiger partial charge in [0.05, 0.1) is 0 Å². The van der Waals surface area contributed by atoms with E-state index in [1.165, 1.54) is 180 Å². The molecule has 0 aliphatic heterocycles. The normalized spacial score (nSPS) is 12.0. The van der Waals surface area contributed by atoms with Crippen LogP contribution in [0.4, 0.5) is 0 Å². The second-order valence-corrected chi connectivity index (χ2v) is 26.8. The van der Waals surface area contributed by atoms with Crippen LogP contribution in [0.3, 0.4) is 0 Å². The van der Waals surface area contributed by atoms with E-state index in [-0.39, 0.29) is 0 Å². The molecule has 0 aliphatic rings. The van der Waals surface area contributed by atoms with Crippen molar-refractivity contribution in [2.75, 3.05) is 0 Å². The molecule has 0 spiro atoms. The van der Waals surface area contributed by atoms with Gasteiger partial charge in [0.2, 0.25) is 0 Å². The molecule has 99 heavy (non-hydrogen) atoms. The van der Waals surface area contributed by atoms with E-state index in [4.69, 9.17) is 4.42 Å². The highest BCUT2D eigenvalue weighted by Gasteiger charge is 2.24. The molecule has 1 heterocycles. The van der Waals surface area contributed by atoms with Gasteiger partial charge in [-0.05, 0) is 245 Å². The van der Waals surface area contributed by atoms with Crippen molar-refractivity contribution >= 4 is 140 Å². The zero-order chi connectivity index (χ0) is 64.8. The van der Waals surface area contributed by atoms with Crippen molar-refractivity contribution in [2.24, 2.45) is 0 Å². The van der Waals surface area contributed by atoms with Crippen LogP contribution in [0.15, 0.2) is 356 Å². The maximum atomic E-state index is 6.45. The Bertz CT molecular complexity index is 6990. The van der Waals surface area contributed by atoms with Crippen LogP contribution >= 0.6 is 0 Å². The van der Waals surface area contributed by atoms with Gasteiger partial charge in [-0.3, -0.25) is 0 Å². The van der Waals surface area contributed by atoms with Gasteiger partial charge >= 0.3 is 0 Å². The zero-order valence-corrected chi connectivity index (χ0v) is 53.9. The predicted octanol–water partition coefficient (Wildman–Crippen LogP) is 27.9. The van der Waals surface area contributed by atoms with Crippen molar-refractivity contribution in [2.45, 2.75) is 0 Å². The summed E-state index contributed by atoms with van der Waals surface area (Å²) in [6.07, 6.45) is 0. The van der Waals surface area contributed by atoms with E-state index in [0.717, 1.165) is 38.6 Å².